The van der Waals surface area contributed by atoms with E-state index in [1.165, 1.54) is 13.2 Å². The number of hydrogen-bond acceptors (Lipinski definition) is 5. The van der Waals surface area contributed by atoms with E-state index in [1.807, 2.05) is 0 Å². The first kappa shape index (κ1) is 13.6. The van der Waals surface area contributed by atoms with Crippen molar-refractivity contribution in [2.45, 2.75) is 12.5 Å². The zero-order valence-electron chi connectivity index (χ0n) is 10.8. The molecule has 1 atom stereocenters. The SMILES string of the molecule is COc1ccc(O)c(NC(=O)CC2COCCN2)c1. The van der Waals surface area contributed by atoms with Crippen molar-refractivity contribution in [3.8, 4) is 11.5 Å². The minimum absolute atomic E-state index is 0.0153. The molecule has 1 aliphatic heterocycles. The maximum Gasteiger partial charge on any atom is 0.226 e. The van der Waals surface area contributed by atoms with Crippen molar-refractivity contribution in [3.63, 3.8) is 0 Å². The lowest BCUT2D eigenvalue weighted by Crippen LogP contribution is -2.43. The smallest absolute Gasteiger partial charge is 0.226 e. The molecule has 6 heteroatoms. The Labute approximate surface area is 111 Å². The van der Waals surface area contributed by atoms with Gasteiger partial charge in [-0.25, -0.2) is 0 Å². The minimum Gasteiger partial charge on any atom is -0.506 e. The van der Waals surface area contributed by atoms with E-state index in [0.29, 0.717) is 31.1 Å². The molecule has 0 spiro atoms. The molecule has 1 aromatic carbocycles. The van der Waals surface area contributed by atoms with Gasteiger partial charge in [0.25, 0.3) is 0 Å². The molecule has 1 aliphatic rings. The number of carbonyl (C=O) groups excluding carboxylic acids is 1. The van der Waals surface area contributed by atoms with Crippen LogP contribution in [0, 0.1) is 0 Å². The number of ether oxygens (including phenoxy) is 2. The fourth-order valence-electron chi connectivity index (χ4n) is 1.92. The van der Waals surface area contributed by atoms with Crippen LogP contribution in [0.4, 0.5) is 5.69 Å². The summed E-state index contributed by atoms with van der Waals surface area (Å²) in [6.45, 7) is 1.95. The number of hydrogen-bond donors (Lipinski definition) is 3. The van der Waals surface area contributed by atoms with Crippen LogP contribution in [0.25, 0.3) is 0 Å². The number of rotatable bonds is 4. The maximum atomic E-state index is 11.9. The van der Waals surface area contributed by atoms with Crippen LogP contribution < -0.4 is 15.4 Å². The molecule has 0 aromatic heterocycles. The maximum absolute atomic E-state index is 11.9. The number of phenols is 1. The van der Waals surface area contributed by atoms with E-state index in [4.69, 9.17) is 9.47 Å². The van der Waals surface area contributed by atoms with Crippen LogP contribution in [-0.2, 0) is 9.53 Å². The fraction of sp³-hybridized carbons (Fsp3) is 0.462. The second-order valence-electron chi connectivity index (χ2n) is 4.36. The monoisotopic (exact) mass is 266 g/mol. The molecule has 1 amide bonds. The second kappa shape index (κ2) is 6.40. The summed E-state index contributed by atoms with van der Waals surface area (Å²) in [7, 11) is 1.53. The van der Waals surface area contributed by atoms with Crippen molar-refractivity contribution in [1.29, 1.82) is 0 Å². The molecule has 1 heterocycles. The molecule has 6 nitrogen and oxygen atoms in total. The largest absolute Gasteiger partial charge is 0.506 e. The zero-order valence-corrected chi connectivity index (χ0v) is 10.8. The van der Waals surface area contributed by atoms with Crippen LogP contribution in [0.3, 0.4) is 0 Å². The summed E-state index contributed by atoms with van der Waals surface area (Å²) >= 11 is 0. The molecule has 3 N–H and O–H groups in total. The third kappa shape index (κ3) is 3.84. The van der Waals surface area contributed by atoms with E-state index < -0.39 is 0 Å². The molecule has 1 fully saturated rings. The van der Waals surface area contributed by atoms with Gasteiger partial charge in [-0.2, -0.15) is 0 Å². The minimum atomic E-state index is -0.174. The number of amides is 1. The van der Waals surface area contributed by atoms with Gasteiger partial charge in [0.1, 0.15) is 11.5 Å². The highest BCUT2D eigenvalue weighted by Gasteiger charge is 2.17. The Morgan fingerprint density at radius 1 is 1.63 bits per heavy atom. The Kier molecular flexibility index (Phi) is 4.59. The molecule has 19 heavy (non-hydrogen) atoms. The van der Waals surface area contributed by atoms with Crippen molar-refractivity contribution < 1.29 is 19.4 Å². The van der Waals surface area contributed by atoms with E-state index in [2.05, 4.69) is 10.6 Å². The highest BCUT2D eigenvalue weighted by molar-refractivity contribution is 5.92. The Balaban J connectivity index is 1.94. The highest BCUT2D eigenvalue weighted by Crippen LogP contribution is 2.27. The van der Waals surface area contributed by atoms with Crippen molar-refractivity contribution in [3.05, 3.63) is 18.2 Å². The van der Waals surface area contributed by atoms with Crippen LogP contribution in [0.1, 0.15) is 6.42 Å². The van der Waals surface area contributed by atoms with E-state index in [0.717, 1.165) is 6.54 Å². The molecule has 104 valence electrons. The third-order valence-electron chi connectivity index (χ3n) is 2.91. The average molecular weight is 266 g/mol. The summed E-state index contributed by atoms with van der Waals surface area (Å²) in [4.78, 5) is 11.9. The van der Waals surface area contributed by atoms with Gasteiger partial charge in [0.15, 0.2) is 0 Å². The summed E-state index contributed by atoms with van der Waals surface area (Å²) in [5.41, 5.74) is 0.348. The van der Waals surface area contributed by atoms with Gasteiger partial charge in [0, 0.05) is 25.1 Å². The first-order valence-corrected chi connectivity index (χ1v) is 6.17. The van der Waals surface area contributed by atoms with Gasteiger partial charge in [0.2, 0.25) is 5.91 Å². The average Bonchev–Trinajstić information content (AvgIpc) is 2.42. The van der Waals surface area contributed by atoms with Crippen LogP contribution >= 0.6 is 0 Å². The number of carbonyl (C=O) groups is 1. The third-order valence-corrected chi connectivity index (χ3v) is 2.91. The summed E-state index contributed by atoms with van der Waals surface area (Å²) in [5, 5.41) is 15.5. The van der Waals surface area contributed by atoms with Crippen LogP contribution in [0.5, 0.6) is 11.5 Å². The number of nitrogens with one attached hydrogen (secondary N) is 2. The Morgan fingerprint density at radius 2 is 2.47 bits per heavy atom. The lowest BCUT2D eigenvalue weighted by molar-refractivity contribution is -0.117. The number of aromatic hydroxyl groups is 1. The molecule has 1 saturated heterocycles. The first-order chi connectivity index (χ1) is 9.19. The highest BCUT2D eigenvalue weighted by atomic mass is 16.5. The van der Waals surface area contributed by atoms with Gasteiger partial charge in [-0.15, -0.1) is 0 Å². The van der Waals surface area contributed by atoms with Gasteiger partial charge in [-0.05, 0) is 12.1 Å². The van der Waals surface area contributed by atoms with Crippen molar-refractivity contribution in [1.82, 2.24) is 5.32 Å². The molecule has 0 radical (unpaired) electrons. The summed E-state index contributed by atoms with van der Waals surface area (Å²) < 4.78 is 10.3. The number of morpholine rings is 1. The zero-order chi connectivity index (χ0) is 13.7. The number of anilines is 1. The van der Waals surface area contributed by atoms with E-state index in [-0.39, 0.29) is 17.7 Å². The molecule has 0 aliphatic carbocycles. The molecule has 2 rings (SSSR count). The first-order valence-electron chi connectivity index (χ1n) is 6.17. The number of phenolic OH excluding ortho intramolecular Hbond substituents is 1. The Bertz CT molecular complexity index is 444. The Morgan fingerprint density at radius 3 is 3.16 bits per heavy atom. The van der Waals surface area contributed by atoms with Gasteiger partial charge >= 0.3 is 0 Å². The van der Waals surface area contributed by atoms with Crippen molar-refractivity contribution >= 4 is 11.6 Å². The molecule has 1 aromatic rings. The standard InChI is InChI=1S/C13H18N2O4/c1-18-10-2-3-12(16)11(7-10)15-13(17)6-9-8-19-5-4-14-9/h2-3,7,9,14,16H,4-6,8H2,1H3,(H,15,17). The fourth-order valence-corrected chi connectivity index (χ4v) is 1.92. The number of benzene rings is 1. The van der Waals surface area contributed by atoms with Gasteiger partial charge < -0.3 is 25.2 Å². The summed E-state index contributed by atoms with van der Waals surface area (Å²) in [5.74, 6) is 0.417. The Hall–Kier alpha value is -1.79. The molecule has 1 unspecified atom stereocenters. The second-order valence-corrected chi connectivity index (χ2v) is 4.36. The van der Waals surface area contributed by atoms with Crippen LogP contribution in [-0.4, -0.2) is 43.9 Å². The van der Waals surface area contributed by atoms with Crippen LogP contribution in [0.2, 0.25) is 0 Å². The van der Waals surface area contributed by atoms with Gasteiger partial charge in [-0.1, -0.05) is 0 Å². The predicted octanol–water partition coefficient (Wildman–Crippen LogP) is 0.718. The molecular weight excluding hydrogens is 248 g/mol. The van der Waals surface area contributed by atoms with E-state index in [9.17, 15) is 9.90 Å². The van der Waals surface area contributed by atoms with E-state index in [1.54, 1.807) is 12.1 Å². The topological polar surface area (TPSA) is 79.8 Å². The molecule has 0 saturated carbocycles. The van der Waals surface area contributed by atoms with Crippen molar-refractivity contribution in [2.75, 3.05) is 32.2 Å². The quantitative estimate of drug-likeness (QED) is 0.700. The molecular formula is C13H18N2O4. The van der Waals surface area contributed by atoms with Crippen LogP contribution in [0.15, 0.2) is 18.2 Å². The van der Waals surface area contributed by atoms with Gasteiger partial charge in [-0.3, -0.25) is 4.79 Å². The predicted molar refractivity (Wildman–Crippen MR) is 70.5 cm³/mol. The summed E-state index contributed by atoms with van der Waals surface area (Å²) in [6.07, 6.45) is 0.302. The normalized spacial score (nSPS) is 18.9. The van der Waals surface area contributed by atoms with Gasteiger partial charge in [0.05, 0.1) is 26.0 Å². The van der Waals surface area contributed by atoms with E-state index >= 15 is 0 Å². The summed E-state index contributed by atoms with van der Waals surface area (Å²) in [6, 6.07) is 4.71. The molecule has 0 bridgehead atoms. The lowest BCUT2D eigenvalue weighted by atomic mass is 10.2. The van der Waals surface area contributed by atoms with Crippen molar-refractivity contribution in [2.24, 2.45) is 0 Å². The number of methoxy groups -OCH3 is 1. The lowest BCUT2D eigenvalue weighted by Gasteiger charge is -2.23.